The van der Waals surface area contributed by atoms with Crippen LogP contribution in [0.1, 0.15) is 65.7 Å². The third-order valence-electron chi connectivity index (χ3n) is 3.18. The highest BCUT2D eigenvalue weighted by Gasteiger charge is 2.14. The fourth-order valence-corrected chi connectivity index (χ4v) is 2.00. The fourth-order valence-electron chi connectivity index (χ4n) is 2.00. The molecule has 0 aliphatic carbocycles. The van der Waals surface area contributed by atoms with E-state index >= 15 is 0 Å². The molecule has 0 spiro atoms. The van der Waals surface area contributed by atoms with Crippen molar-refractivity contribution in [3.63, 3.8) is 0 Å². The smallest absolute Gasteiger partial charge is 0.167 e. The molecule has 0 saturated carbocycles. The second kappa shape index (κ2) is 8.25. The van der Waals surface area contributed by atoms with E-state index < -0.39 is 0 Å². The van der Waals surface area contributed by atoms with Crippen molar-refractivity contribution < 1.29 is 0 Å². The van der Waals surface area contributed by atoms with Crippen molar-refractivity contribution in [2.24, 2.45) is 11.8 Å². The zero-order valence-electron chi connectivity index (χ0n) is 13.1. The van der Waals surface area contributed by atoms with E-state index in [1.165, 1.54) is 12.8 Å². The maximum absolute atomic E-state index is 4.15. The third-order valence-corrected chi connectivity index (χ3v) is 3.18. The first kappa shape index (κ1) is 16.1. The molecule has 19 heavy (non-hydrogen) atoms. The minimum absolute atomic E-state index is 0.211. The predicted molar refractivity (Wildman–Crippen MR) is 77.8 cm³/mol. The Hall–Kier alpha value is -0.970. The van der Waals surface area contributed by atoms with Crippen molar-refractivity contribution in [1.82, 2.24) is 25.5 Å². The van der Waals surface area contributed by atoms with Crippen LogP contribution in [0.3, 0.4) is 0 Å². The molecule has 5 nitrogen and oxygen atoms in total. The summed E-state index contributed by atoms with van der Waals surface area (Å²) in [5.41, 5.74) is 0. The van der Waals surface area contributed by atoms with E-state index in [-0.39, 0.29) is 6.04 Å². The van der Waals surface area contributed by atoms with Gasteiger partial charge in [0, 0.05) is 6.54 Å². The van der Waals surface area contributed by atoms with Gasteiger partial charge >= 0.3 is 0 Å². The summed E-state index contributed by atoms with van der Waals surface area (Å²) in [6, 6.07) is 0.211. The van der Waals surface area contributed by atoms with E-state index in [2.05, 4.69) is 55.5 Å². The minimum Gasteiger partial charge on any atom is -0.307 e. The Labute approximate surface area is 117 Å². The van der Waals surface area contributed by atoms with E-state index in [4.69, 9.17) is 0 Å². The molecule has 110 valence electrons. The van der Waals surface area contributed by atoms with Crippen molar-refractivity contribution in [3.05, 3.63) is 5.82 Å². The van der Waals surface area contributed by atoms with Gasteiger partial charge in [0.1, 0.15) is 0 Å². The number of unbranched alkanes of at least 4 members (excludes halogenated alkanes) is 1. The number of nitrogens with one attached hydrogen (secondary N) is 1. The topological polar surface area (TPSA) is 55.6 Å². The van der Waals surface area contributed by atoms with Gasteiger partial charge in [0.05, 0.1) is 6.04 Å². The number of tetrazole rings is 1. The maximum Gasteiger partial charge on any atom is 0.167 e. The molecule has 1 unspecified atom stereocenters. The Morgan fingerprint density at radius 1 is 1.05 bits per heavy atom. The van der Waals surface area contributed by atoms with Gasteiger partial charge in [-0.2, -0.15) is 0 Å². The van der Waals surface area contributed by atoms with Crippen LogP contribution < -0.4 is 5.32 Å². The zero-order chi connectivity index (χ0) is 14.3. The Bertz CT molecular complexity index is 345. The Kier molecular flexibility index (Phi) is 6.99. The van der Waals surface area contributed by atoms with Crippen LogP contribution in [0.5, 0.6) is 0 Å². The van der Waals surface area contributed by atoms with Crippen LogP contribution in [0.25, 0.3) is 0 Å². The highest BCUT2D eigenvalue weighted by atomic mass is 15.5. The first-order chi connectivity index (χ1) is 9.00. The summed E-state index contributed by atoms with van der Waals surface area (Å²) in [5, 5.41) is 15.5. The first-order valence-corrected chi connectivity index (χ1v) is 7.50. The summed E-state index contributed by atoms with van der Waals surface area (Å²) in [6.07, 6.45) is 3.66. The maximum atomic E-state index is 4.15. The van der Waals surface area contributed by atoms with Crippen molar-refractivity contribution in [2.45, 2.75) is 66.5 Å². The fraction of sp³-hybridized carbons (Fsp3) is 0.929. The minimum atomic E-state index is 0.211. The lowest BCUT2D eigenvalue weighted by atomic mass is 10.1. The average Bonchev–Trinajstić information content (AvgIpc) is 2.79. The number of nitrogens with zero attached hydrogens (tertiary/aromatic N) is 4. The molecule has 0 amide bonds. The Morgan fingerprint density at radius 3 is 2.42 bits per heavy atom. The predicted octanol–water partition coefficient (Wildman–Crippen LogP) is 2.81. The number of hydrogen-bond acceptors (Lipinski definition) is 4. The van der Waals surface area contributed by atoms with Crippen LogP contribution >= 0.6 is 0 Å². The number of aromatic nitrogens is 4. The van der Waals surface area contributed by atoms with Crippen LogP contribution in [0.15, 0.2) is 0 Å². The lowest BCUT2D eigenvalue weighted by Crippen LogP contribution is -2.26. The summed E-state index contributed by atoms with van der Waals surface area (Å²) in [6.45, 7) is 13.0. The van der Waals surface area contributed by atoms with E-state index in [1.54, 1.807) is 0 Å². The van der Waals surface area contributed by atoms with Crippen LogP contribution in [0.4, 0.5) is 0 Å². The van der Waals surface area contributed by atoms with Gasteiger partial charge in [-0.15, -0.1) is 5.10 Å². The van der Waals surface area contributed by atoms with Gasteiger partial charge in [-0.3, -0.25) is 0 Å². The van der Waals surface area contributed by atoms with E-state index in [0.717, 1.165) is 31.3 Å². The van der Waals surface area contributed by atoms with Crippen molar-refractivity contribution in [2.75, 3.05) is 6.54 Å². The summed E-state index contributed by atoms with van der Waals surface area (Å²) >= 11 is 0. The van der Waals surface area contributed by atoms with Gasteiger partial charge in [-0.1, -0.05) is 40.5 Å². The number of hydrogen-bond donors (Lipinski definition) is 1. The van der Waals surface area contributed by atoms with Crippen LogP contribution in [0.2, 0.25) is 0 Å². The molecule has 0 aliphatic rings. The first-order valence-electron chi connectivity index (χ1n) is 7.50. The van der Waals surface area contributed by atoms with Gasteiger partial charge in [-0.05, 0) is 42.2 Å². The molecule has 1 rings (SSSR count). The number of aryl methyl sites for hydroxylation is 1. The van der Waals surface area contributed by atoms with E-state index in [9.17, 15) is 0 Å². The molecule has 0 bridgehead atoms. The molecule has 0 radical (unpaired) electrons. The van der Waals surface area contributed by atoms with Crippen molar-refractivity contribution >= 4 is 0 Å². The Morgan fingerprint density at radius 2 is 1.79 bits per heavy atom. The largest absolute Gasteiger partial charge is 0.307 e. The van der Waals surface area contributed by atoms with Gasteiger partial charge < -0.3 is 5.32 Å². The molecular formula is C14H29N5. The van der Waals surface area contributed by atoms with Gasteiger partial charge in [0.2, 0.25) is 0 Å². The summed E-state index contributed by atoms with van der Waals surface area (Å²) < 4.78 is 1.94. The highest BCUT2D eigenvalue weighted by Crippen LogP contribution is 2.11. The van der Waals surface area contributed by atoms with Crippen molar-refractivity contribution in [1.29, 1.82) is 0 Å². The molecule has 0 aliphatic heterocycles. The lowest BCUT2D eigenvalue weighted by molar-refractivity contribution is 0.435. The van der Waals surface area contributed by atoms with Crippen LogP contribution in [-0.4, -0.2) is 26.8 Å². The third kappa shape index (κ3) is 6.14. The standard InChI is InChI=1S/C14H29N5/c1-11(2)8-6-7-9-19-14(16-17-18-19)13(5)15-10-12(3)4/h11-13,15H,6-10H2,1-5H3. The average molecular weight is 267 g/mol. The molecule has 0 aromatic carbocycles. The SMILES string of the molecule is CC(C)CCCCn1nnnc1C(C)NCC(C)C. The highest BCUT2D eigenvalue weighted by molar-refractivity contribution is 4.89. The summed E-state index contributed by atoms with van der Waals surface area (Å²) in [4.78, 5) is 0. The second-order valence-corrected chi connectivity index (χ2v) is 6.17. The summed E-state index contributed by atoms with van der Waals surface area (Å²) in [7, 11) is 0. The van der Waals surface area contributed by atoms with Crippen LogP contribution in [0, 0.1) is 11.8 Å². The molecule has 1 heterocycles. The molecule has 1 aromatic rings. The molecule has 0 saturated heterocycles. The van der Waals surface area contributed by atoms with Crippen molar-refractivity contribution in [3.8, 4) is 0 Å². The van der Waals surface area contributed by atoms with E-state index in [1.807, 2.05) is 4.68 Å². The van der Waals surface area contributed by atoms with E-state index in [0.29, 0.717) is 5.92 Å². The molecule has 0 fully saturated rings. The van der Waals surface area contributed by atoms with Gasteiger partial charge in [-0.25, -0.2) is 4.68 Å². The zero-order valence-corrected chi connectivity index (χ0v) is 13.1. The molecule has 5 heteroatoms. The van der Waals surface area contributed by atoms with Gasteiger partial charge in [0.25, 0.3) is 0 Å². The Balaban J connectivity index is 2.41. The second-order valence-electron chi connectivity index (χ2n) is 6.17. The molecular weight excluding hydrogens is 238 g/mol. The summed E-state index contributed by atoms with van der Waals surface area (Å²) in [5.74, 6) is 2.36. The quantitative estimate of drug-likeness (QED) is 0.699. The number of rotatable bonds is 9. The normalized spacial score (nSPS) is 13.4. The monoisotopic (exact) mass is 267 g/mol. The lowest BCUT2D eigenvalue weighted by Gasteiger charge is -2.15. The molecule has 1 atom stereocenters. The van der Waals surface area contributed by atoms with Crippen LogP contribution in [-0.2, 0) is 6.54 Å². The molecule has 1 aromatic heterocycles. The molecule has 1 N–H and O–H groups in total. The van der Waals surface area contributed by atoms with Gasteiger partial charge in [0.15, 0.2) is 5.82 Å².